The summed E-state index contributed by atoms with van der Waals surface area (Å²) in [5, 5.41) is 4.29. The number of amides is 1. The minimum Gasteiger partial charge on any atom is -0.462 e. The van der Waals surface area contributed by atoms with Gasteiger partial charge >= 0.3 is 5.97 Å². The van der Waals surface area contributed by atoms with Crippen LogP contribution in [-0.2, 0) is 18.3 Å². The molecule has 2 heterocycles. The third kappa shape index (κ3) is 3.32. The average Bonchev–Trinajstić information content (AvgIpc) is 3.15. The highest BCUT2D eigenvalue weighted by Crippen LogP contribution is 2.19. The molecular formula is C18H20N4O3S. The quantitative estimate of drug-likeness (QED) is 0.660. The van der Waals surface area contributed by atoms with Gasteiger partial charge in [0.2, 0.25) is 0 Å². The standard InChI is InChI=1S/C18H20N4O3S/c1-5-22-14(9-11(3)20-22)16(23)19-18-21(4)13-8-7-12(10-15(13)26-18)17(24)25-6-2/h7-10H,5-6H2,1-4H3. The number of hydrogen-bond acceptors (Lipinski definition) is 5. The van der Waals surface area contributed by atoms with Gasteiger partial charge in [0, 0.05) is 13.6 Å². The van der Waals surface area contributed by atoms with Crippen molar-refractivity contribution in [2.75, 3.05) is 6.61 Å². The van der Waals surface area contributed by atoms with Gasteiger partial charge in [0.15, 0.2) is 4.80 Å². The molecule has 0 aliphatic rings. The van der Waals surface area contributed by atoms with Crippen LogP contribution in [0.15, 0.2) is 29.3 Å². The number of fused-ring (bicyclic) bond motifs is 1. The van der Waals surface area contributed by atoms with Crippen LogP contribution in [0.1, 0.15) is 40.4 Å². The van der Waals surface area contributed by atoms with Crippen molar-refractivity contribution < 1.29 is 14.3 Å². The molecule has 8 heteroatoms. The molecule has 0 saturated heterocycles. The Kier molecular flexibility index (Phi) is 5.03. The minimum absolute atomic E-state index is 0.328. The van der Waals surface area contributed by atoms with Crippen LogP contribution in [0.4, 0.5) is 0 Å². The third-order valence-electron chi connectivity index (χ3n) is 3.94. The maximum absolute atomic E-state index is 12.6. The predicted octanol–water partition coefficient (Wildman–Crippen LogP) is 2.68. The normalized spacial score (nSPS) is 11.9. The van der Waals surface area contributed by atoms with E-state index in [1.165, 1.54) is 11.3 Å². The molecule has 136 valence electrons. The second-order valence-electron chi connectivity index (χ2n) is 5.75. The van der Waals surface area contributed by atoms with Gasteiger partial charge < -0.3 is 9.30 Å². The number of carbonyl (C=O) groups is 2. The van der Waals surface area contributed by atoms with Crippen molar-refractivity contribution in [2.24, 2.45) is 12.0 Å². The highest BCUT2D eigenvalue weighted by molar-refractivity contribution is 7.16. The van der Waals surface area contributed by atoms with Crippen LogP contribution in [0.25, 0.3) is 10.2 Å². The van der Waals surface area contributed by atoms with Gasteiger partial charge in [-0.2, -0.15) is 10.1 Å². The summed E-state index contributed by atoms with van der Waals surface area (Å²) in [4.78, 5) is 29.3. The third-order valence-corrected chi connectivity index (χ3v) is 5.03. The molecule has 0 spiro atoms. The summed E-state index contributed by atoms with van der Waals surface area (Å²) in [6.45, 7) is 6.48. The zero-order chi connectivity index (χ0) is 18.8. The van der Waals surface area contributed by atoms with Crippen LogP contribution in [-0.4, -0.2) is 32.8 Å². The Morgan fingerprint density at radius 3 is 2.73 bits per heavy atom. The zero-order valence-corrected chi connectivity index (χ0v) is 16.0. The minimum atomic E-state index is -0.359. The largest absolute Gasteiger partial charge is 0.462 e. The van der Waals surface area contributed by atoms with E-state index in [2.05, 4.69) is 10.1 Å². The van der Waals surface area contributed by atoms with Crippen LogP contribution in [0.5, 0.6) is 0 Å². The summed E-state index contributed by atoms with van der Waals surface area (Å²) in [6.07, 6.45) is 0. The zero-order valence-electron chi connectivity index (χ0n) is 15.1. The average molecular weight is 372 g/mol. The van der Waals surface area contributed by atoms with Crippen LogP contribution in [0.3, 0.4) is 0 Å². The second kappa shape index (κ2) is 7.25. The molecule has 2 aromatic heterocycles. The molecule has 0 bridgehead atoms. The first-order chi connectivity index (χ1) is 12.4. The molecule has 1 aromatic carbocycles. The van der Waals surface area contributed by atoms with Gasteiger partial charge in [-0.05, 0) is 45.0 Å². The first kappa shape index (κ1) is 18.1. The monoisotopic (exact) mass is 372 g/mol. The van der Waals surface area contributed by atoms with E-state index in [1.54, 1.807) is 29.8 Å². The van der Waals surface area contributed by atoms with Crippen molar-refractivity contribution in [1.82, 2.24) is 14.3 Å². The van der Waals surface area contributed by atoms with E-state index in [1.807, 2.05) is 31.5 Å². The summed E-state index contributed by atoms with van der Waals surface area (Å²) in [6, 6.07) is 7.06. The van der Waals surface area contributed by atoms with Crippen molar-refractivity contribution in [3.63, 3.8) is 0 Å². The molecule has 0 atom stereocenters. The molecule has 3 rings (SSSR count). The van der Waals surface area contributed by atoms with Crippen molar-refractivity contribution in [3.05, 3.63) is 46.0 Å². The molecule has 0 radical (unpaired) electrons. The van der Waals surface area contributed by atoms with Gasteiger partial charge in [0.05, 0.1) is 28.1 Å². The van der Waals surface area contributed by atoms with E-state index in [4.69, 9.17) is 4.74 Å². The van der Waals surface area contributed by atoms with E-state index < -0.39 is 0 Å². The number of nitrogens with zero attached hydrogens (tertiary/aromatic N) is 4. The summed E-state index contributed by atoms with van der Waals surface area (Å²) in [7, 11) is 1.84. The van der Waals surface area contributed by atoms with Crippen molar-refractivity contribution in [1.29, 1.82) is 0 Å². The number of aryl methyl sites for hydroxylation is 3. The summed E-state index contributed by atoms with van der Waals surface area (Å²) < 4.78 is 9.39. The predicted molar refractivity (Wildman–Crippen MR) is 99.3 cm³/mol. The Labute approximate surface area is 154 Å². The fourth-order valence-electron chi connectivity index (χ4n) is 2.68. The topological polar surface area (TPSA) is 78.5 Å². The molecule has 0 N–H and O–H groups in total. The summed E-state index contributed by atoms with van der Waals surface area (Å²) in [5.74, 6) is -0.692. The summed E-state index contributed by atoms with van der Waals surface area (Å²) >= 11 is 1.35. The SMILES string of the molecule is CCOC(=O)c1ccc2c(c1)sc(=NC(=O)c1cc(C)nn1CC)n2C. The van der Waals surface area contributed by atoms with Gasteiger partial charge in [0.1, 0.15) is 5.69 Å². The number of thiazole rings is 1. The highest BCUT2D eigenvalue weighted by atomic mass is 32.1. The van der Waals surface area contributed by atoms with E-state index >= 15 is 0 Å². The van der Waals surface area contributed by atoms with Gasteiger partial charge in [-0.3, -0.25) is 9.48 Å². The molecule has 0 fully saturated rings. The Hall–Kier alpha value is -2.74. The molecule has 7 nitrogen and oxygen atoms in total. The lowest BCUT2D eigenvalue weighted by atomic mass is 10.2. The first-order valence-corrected chi connectivity index (χ1v) is 9.16. The van der Waals surface area contributed by atoms with Crippen LogP contribution < -0.4 is 4.80 Å². The smallest absolute Gasteiger partial charge is 0.338 e. The Morgan fingerprint density at radius 2 is 2.04 bits per heavy atom. The molecule has 0 aliphatic heterocycles. The number of esters is 1. The maximum Gasteiger partial charge on any atom is 0.338 e. The van der Waals surface area contributed by atoms with E-state index in [0.717, 1.165) is 15.9 Å². The van der Waals surface area contributed by atoms with Crippen LogP contribution in [0.2, 0.25) is 0 Å². The molecule has 0 saturated carbocycles. The van der Waals surface area contributed by atoms with E-state index in [0.29, 0.717) is 29.2 Å². The Bertz CT molecular complexity index is 1060. The lowest BCUT2D eigenvalue weighted by Gasteiger charge is -2.01. The lowest BCUT2D eigenvalue weighted by Crippen LogP contribution is -2.15. The molecule has 0 aliphatic carbocycles. The van der Waals surface area contributed by atoms with Crippen molar-refractivity contribution in [3.8, 4) is 0 Å². The number of rotatable bonds is 4. The fraction of sp³-hybridized carbons (Fsp3) is 0.333. The van der Waals surface area contributed by atoms with Crippen molar-refractivity contribution in [2.45, 2.75) is 27.3 Å². The van der Waals surface area contributed by atoms with E-state index in [-0.39, 0.29) is 11.9 Å². The first-order valence-electron chi connectivity index (χ1n) is 8.34. The molecule has 1 amide bonds. The summed E-state index contributed by atoms with van der Waals surface area (Å²) in [5.41, 5.74) is 2.63. The number of carbonyl (C=O) groups excluding carboxylic acids is 2. The van der Waals surface area contributed by atoms with Gasteiger partial charge in [-0.1, -0.05) is 11.3 Å². The molecular weight excluding hydrogens is 352 g/mol. The molecule has 0 unspecified atom stereocenters. The number of ether oxygens (including phenoxy) is 1. The molecule has 3 aromatic rings. The number of hydrogen-bond donors (Lipinski definition) is 0. The van der Waals surface area contributed by atoms with Gasteiger partial charge in [0.25, 0.3) is 5.91 Å². The van der Waals surface area contributed by atoms with Crippen molar-refractivity contribution >= 4 is 33.4 Å². The second-order valence-corrected chi connectivity index (χ2v) is 6.76. The van der Waals surface area contributed by atoms with Gasteiger partial charge in [-0.25, -0.2) is 4.79 Å². The van der Waals surface area contributed by atoms with Crippen LogP contribution in [0, 0.1) is 6.92 Å². The highest BCUT2D eigenvalue weighted by Gasteiger charge is 2.14. The Morgan fingerprint density at radius 1 is 1.27 bits per heavy atom. The number of benzene rings is 1. The fourth-order valence-corrected chi connectivity index (χ4v) is 3.74. The number of aromatic nitrogens is 3. The molecule has 26 heavy (non-hydrogen) atoms. The van der Waals surface area contributed by atoms with E-state index in [9.17, 15) is 9.59 Å². The Balaban J connectivity index is 2.04. The maximum atomic E-state index is 12.6. The lowest BCUT2D eigenvalue weighted by molar-refractivity contribution is 0.0526. The van der Waals surface area contributed by atoms with Crippen LogP contribution >= 0.6 is 11.3 Å². The van der Waals surface area contributed by atoms with Gasteiger partial charge in [-0.15, -0.1) is 0 Å².